The number of rotatable bonds is 6. The zero-order valence-corrected chi connectivity index (χ0v) is 18.9. The Hall–Kier alpha value is -0.760. The normalized spacial score (nSPS) is 17.9. The van der Waals surface area contributed by atoms with Crippen molar-refractivity contribution in [1.29, 1.82) is 0 Å². The molecule has 1 saturated heterocycles. The zero-order chi connectivity index (χ0) is 17.5. The molecule has 1 aromatic heterocycles. The predicted molar refractivity (Wildman–Crippen MR) is 118 cm³/mol. The minimum atomic E-state index is 0. The van der Waals surface area contributed by atoms with Gasteiger partial charge in [0.05, 0.1) is 13.1 Å². The Balaban J connectivity index is 0.00000312. The molecule has 0 amide bonds. The van der Waals surface area contributed by atoms with Crippen molar-refractivity contribution >= 4 is 29.9 Å². The Labute approximate surface area is 170 Å². The van der Waals surface area contributed by atoms with E-state index in [9.17, 15) is 0 Å². The highest BCUT2D eigenvalue weighted by atomic mass is 127. The van der Waals surface area contributed by atoms with Crippen molar-refractivity contribution in [3.8, 4) is 0 Å². The molecule has 1 N–H and O–H groups in total. The van der Waals surface area contributed by atoms with Gasteiger partial charge in [0.25, 0.3) is 0 Å². The molecule has 0 spiro atoms. The van der Waals surface area contributed by atoms with Crippen LogP contribution in [0, 0.1) is 5.92 Å². The lowest BCUT2D eigenvalue weighted by Crippen LogP contribution is -2.43. The van der Waals surface area contributed by atoms with Crippen LogP contribution in [0.5, 0.6) is 0 Å². The third kappa shape index (κ3) is 6.81. The highest BCUT2D eigenvalue weighted by Gasteiger charge is 2.20. The van der Waals surface area contributed by atoms with Crippen molar-refractivity contribution in [3.63, 3.8) is 0 Å². The van der Waals surface area contributed by atoms with Crippen LogP contribution in [-0.4, -0.2) is 59.6 Å². The number of hydrogen-bond acceptors (Lipinski definition) is 2. The second-order valence-electron chi connectivity index (χ2n) is 7.23. The molecular formula is C19H36IN5. The summed E-state index contributed by atoms with van der Waals surface area (Å²) in [5.74, 6) is 1.88. The molecule has 0 radical (unpaired) electrons. The van der Waals surface area contributed by atoms with E-state index in [0.29, 0.717) is 6.04 Å². The second kappa shape index (κ2) is 11.1. The minimum absolute atomic E-state index is 0. The first kappa shape index (κ1) is 22.3. The van der Waals surface area contributed by atoms with E-state index in [4.69, 9.17) is 4.99 Å². The average molecular weight is 461 g/mol. The number of aromatic nitrogens is 1. The fourth-order valence-electron chi connectivity index (χ4n) is 3.25. The van der Waals surface area contributed by atoms with Crippen LogP contribution in [0.2, 0.25) is 0 Å². The number of aliphatic imine (C=N–C) groups is 1. The quantitative estimate of drug-likeness (QED) is 0.402. The molecule has 0 aromatic carbocycles. The van der Waals surface area contributed by atoms with Crippen LogP contribution in [0.25, 0.3) is 0 Å². The van der Waals surface area contributed by atoms with Gasteiger partial charge in [0.2, 0.25) is 0 Å². The molecule has 1 aliphatic rings. The molecule has 2 heterocycles. The van der Waals surface area contributed by atoms with Crippen LogP contribution in [0.4, 0.5) is 0 Å². The van der Waals surface area contributed by atoms with Crippen LogP contribution in [0.3, 0.4) is 0 Å². The van der Waals surface area contributed by atoms with Gasteiger partial charge in [-0.15, -0.1) is 24.0 Å². The maximum Gasteiger partial charge on any atom is 0.194 e. The van der Waals surface area contributed by atoms with Gasteiger partial charge in [-0.1, -0.05) is 6.92 Å². The van der Waals surface area contributed by atoms with Crippen molar-refractivity contribution in [1.82, 2.24) is 19.7 Å². The molecule has 144 valence electrons. The molecular weight excluding hydrogens is 425 g/mol. The molecule has 0 aliphatic carbocycles. The van der Waals surface area contributed by atoms with Gasteiger partial charge in [-0.25, -0.2) is 0 Å². The van der Waals surface area contributed by atoms with Crippen LogP contribution in [0.15, 0.2) is 23.3 Å². The summed E-state index contributed by atoms with van der Waals surface area (Å²) in [6.07, 6.45) is 4.73. The van der Waals surface area contributed by atoms with Crippen molar-refractivity contribution in [2.24, 2.45) is 18.0 Å². The van der Waals surface area contributed by atoms with Gasteiger partial charge in [0, 0.05) is 38.6 Å². The Bertz CT molecular complexity index is 520. The van der Waals surface area contributed by atoms with Crippen LogP contribution in [0.1, 0.15) is 39.3 Å². The van der Waals surface area contributed by atoms with E-state index in [0.717, 1.165) is 31.5 Å². The highest BCUT2D eigenvalue weighted by molar-refractivity contribution is 14.0. The molecule has 1 aliphatic heterocycles. The van der Waals surface area contributed by atoms with Crippen LogP contribution >= 0.6 is 24.0 Å². The first-order valence-corrected chi connectivity index (χ1v) is 9.35. The molecule has 1 aromatic rings. The highest BCUT2D eigenvalue weighted by Crippen LogP contribution is 2.18. The third-order valence-corrected chi connectivity index (χ3v) is 5.09. The summed E-state index contributed by atoms with van der Waals surface area (Å²) in [6, 6.07) is 4.76. The smallest absolute Gasteiger partial charge is 0.194 e. The number of piperidine rings is 1. The van der Waals surface area contributed by atoms with Crippen molar-refractivity contribution in [3.05, 3.63) is 24.0 Å². The third-order valence-electron chi connectivity index (χ3n) is 5.09. The van der Waals surface area contributed by atoms with Gasteiger partial charge >= 0.3 is 0 Å². The molecule has 1 atom stereocenters. The van der Waals surface area contributed by atoms with Gasteiger partial charge in [0.1, 0.15) is 0 Å². The fourth-order valence-corrected chi connectivity index (χ4v) is 3.25. The molecule has 0 bridgehead atoms. The Morgan fingerprint density at radius 2 is 2.08 bits per heavy atom. The molecule has 25 heavy (non-hydrogen) atoms. The van der Waals surface area contributed by atoms with Crippen LogP contribution in [-0.2, 0) is 13.6 Å². The lowest BCUT2D eigenvalue weighted by Gasteiger charge is -2.34. The molecule has 5 nitrogen and oxygen atoms in total. The number of aryl methyl sites for hydroxylation is 1. The summed E-state index contributed by atoms with van der Waals surface area (Å²) in [7, 11) is 4.20. The first-order chi connectivity index (χ1) is 11.5. The lowest BCUT2D eigenvalue weighted by atomic mass is 9.98. The van der Waals surface area contributed by atoms with E-state index in [-0.39, 0.29) is 24.0 Å². The first-order valence-electron chi connectivity index (χ1n) is 9.35. The van der Waals surface area contributed by atoms with Gasteiger partial charge in [-0.05, 0) is 57.8 Å². The van der Waals surface area contributed by atoms with Crippen LogP contribution < -0.4 is 5.32 Å². The summed E-state index contributed by atoms with van der Waals surface area (Å²) in [6.45, 7) is 11.8. The molecule has 6 heteroatoms. The Morgan fingerprint density at radius 1 is 1.40 bits per heavy atom. The van der Waals surface area contributed by atoms with Crippen molar-refractivity contribution in [2.45, 2.75) is 46.2 Å². The number of likely N-dealkylation sites (tertiary alicyclic amines) is 1. The standard InChI is InChI=1S/C19H35N5.HI/c1-6-20-19(23(5)15-18-8-7-11-22(18)4)21-14-17(3)24-12-9-16(2)10-13-24;/h7-8,11,16-17H,6,9-10,12-15H2,1-5H3,(H,20,21);1H. The fraction of sp³-hybridized carbons (Fsp3) is 0.737. The second-order valence-corrected chi connectivity index (χ2v) is 7.23. The van der Waals surface area contributed by atoms with Crippen molar-refractivity contribution in [2.75, 3.05) is 33.2 Å². The van der Waals surface area contributed by atoms with Gasteiger partial charge < -0.3 is 14.8 Å². The number of guanidine groups is 1. The largest absolute Gasteiger partial charge is 0.357 e. The maximum absolute atomic E-state index is 4.90. The van der Waals surface area contributed by atoms with Gasteiger partial charge in [-0.3, -0.25) is 9.89 Å². The lowest BCUT2D eigenvalue weighted by molar-refractivity contribution is 0.150. The number of hydrogen-bond donors (Lipinski definition) is 1. The van der Waals surface area contributed by atoms with Crippen molar-refractivity contribution < 1.29 is 0 Å². The summed E-state index contributed by atoms with van der Waals surface area (Å²) < 4.78 is 2.16. The van der Waals surface area contributed by atoms with Gasteiger partial charge in [-0.2, -0.15) is 0 Å². The molecule has 0 saturated carbocycles. The predicted octanol–water partition coefficient (Wildman–Crippen LogP) is 3.16. The minimum Gasteiger partial charge on any atom is -0.357 e. The summed E-state index contributed by atoms with van der Waals surface area (Å²) in [5, 5.41) is 3.43. The summed E-state index contributed by atoms with van der Waals surface area (Å²) in [5.41, 5.74) is 1.29. The number of halogens is 1. The topological polar surface area (TPSA) is 35.8 Å². The maximum atomic E-state index is 4.90. The SMILES string of the molecule is CCNC(=NCC(C)N1CCC(C)CC1)N(C)Cc1cccn1C.I. The number of nitrogens with zero attached hydrogens (tertiary/aromatic N) is 4. The monoisotopic (exact) mass is 461 g/mol. The molecule has 1 fully saturated rings. The van der Waals surface area contributed by atoms with E-state index in [1.165, 1.54) is 31.6 Å². The van der Waals surface area contributed by atoms with E-state index in [1.807, 2.05) is 0 Å². The molecule has 2 rings (SSSR count). The van der Waals surface area contributed by atoms with E-state index < -0.39 is 0 Å². The average Bonchev–Trinajstić information content (AvgIpc) is 2.96. The zero-order valence-electron chi connectivity index (χ0n) is 16.5. The Kier molecular flexibility index (Phi) is 9.86. The Morgan fingerprint density at radius 3 is 2.64 bits per heavy atom. The van der Waals surface area contributed by atoms with E-state index in [2.05, 4.69) is 72.9 Å². The van der Waals surface area contributed by atoms with E-state index >= 15 is 0 Å². The molecule has 1 unspecified atom stereocenters. The summed E-state index contributed by atoms with van der Waals surface area (Å²) in [4.78, 5) is 9.70. The summed E-state index contributed by atoms with van der Waals surface area (Å²) >= 11 is 0. The number of nitrogens with one attached hydrogen (secondary N) is 1. The van der Waals surface area contributed by atoms with E-state index in [1.54, 1.807) is 0 Å². The van der Waals surface area contributed by atoms with Gasteiger partial charge in [0.15, 0.2) is 5.96 Å².